The molecule has 0 saturated carbocycles. The Labute approximate surface area is 154 Å². The van der Waals surface area contributed by atoms with Crippen LogP contribution < -0.4 is 14.8 Å². The van der Waals surface area contributed by atoms with Gasteiger partial charge in [-0.25, -0.2) is 4.68 Å². The van der Waals surface area contributed by atoms with E-state index in [-0.39, 0.29) is 24.0 Å². The molecular weight excluding hydrogens is 364 g/mol. The van der Waals surface area contributed by atoms with Crippen molar-refractivity contribution in [2.75, 3.05) is 13.7 Å². The largest absolute Gasteiger partial charge is 0.493 e. The second-order valence-electron chi connectivity index (χ2n) is 5.32. The highest BCUT2D eigenvalue weighted by Crippen LogP contribution is 2.36. The Morgan fingerprint density at radius 2 is 2.15 bits per heavy atom. The Bertz CT molecular complexity index is 793. The Balaban J connectivity index is 2.05. The van der Waals surface area contributed by atoms with Gasteiger partial charge in [-0.05, 0) is 18.6 Å². The van der Waals surface area contributed by atoms with Crippen molar-refractivity contribution in [2.24, 2.45) is 0 Å². The van der Waals surface area contributed by atoms with Crippen molar-refractivity contribution in [3.8, 4) is 11.5 Å². The monoisotopic (exact) mass is 382 g/mol. The maximum atomic E-state index is 12.3. The van der Waals surface area contributed by atoms with Gasteiger partial charge in [0, 0.05) is 5.56 Å². The lowest BCUT2D eigenvalue weighted by Crippen LogP contribution is -2.23. The summed E-state index contributed by atoms with van der Waals surface area (Å²) in [6.45, 7) is 2.24. The number of nitrogens with one attached hydrogen (secondary N) is 1. The van der Waals surface area contributed by atoms with Crippen LogP contribution in [0.5, 0.6) is 11.5 Å². The molecule has 2 N–H and O–H groups in total. The summed E-state index contributed by atoms with van der Waals surface area (Å²) in [5, 5.41) is 19.1. The number of benzene rings is 1. The molecular formula is C16H19ClN4O5. The van der Waals surface area contributed by atoms with Gasteiger partial charge in [0.15, 0.2) is 11.5 Å². The number of carbonyl (C=O) groups excluding carboxylic acids is 1. The van der Waals surface area contributed by atoms with Gasteiger partial charge in [0.1, 0.15) is 12.2 Å². The first kappa shape index (κ1) is 19.5. The van der Waals surface area contributed by atoms with Crippen LogP contribution in [0.2, 0.25) is 5.02 Å². The summed E-state index contributed by atoms with van der Waals surface area (Å²) in [5.41, 5.74) is 0.731. The van der Waals surface area contributed by atoms with E-state index in [1.807, 2.05) is 6.92 Å². The Morgan fingerprint density at radius 1 is 1.38 bits per heavy atom. The molecule has 2 aromatic rings. The number of amides is 1. The SMILES string of the molecule is CCCOc1c(Cl)cc(C(=O)NCc2cn(CC(=O)O)nn2)cc1OC. The molecule has 0 bridgehead atoms. The zero-order valence-corrected chi connectivity index (χ0v) is 15.1. The van der Waals surface area contributed by atoms with Gasteiger partial charge >= 0.3 is 5.97 Å². The van der Waals surface area contributed by atoms with Crippen LogP contribution >= 0.6 is 11.6 Å². The standard InChI is InChI=1S/C16H19ClN4O5/c1-3-4-26-15-12(17)5-10(6-13(15)25-2)16(24)18-7-11-8-21(20-19-11)9-14(22)23/h5-6,8H,3-4,7,9H2,1-2H3,(H,18,24)(H,22,23). The molecule has 140 valence electrons. The third-order valence-electron chi connectivity index (χ3n) is 3.26. The van der Waals surface area contributed by atoms with E-state index in [2.05, 4.69) is 15.6 Å². The van der Waals surface area contributed by atoms with E-state index in [1.165, 1.54) is 30.1 Å². The van der Waals surface area contributed by atoms with E-state index in [9.17, 15) is 9.59 Å². The molecule has 0 unspecified atom stereocenters. The lowest BCUT2D eigenvalue weighted by atomic mass is 10.2. The zero-order chi connectivity index (χ0) is 19.1. The van der Waals surface area contributed by atoms with Gasteiger partial charge in [-0.3, -0.25) is 9.59 Å². The van der Waals surface area contributed by atoms with Crippen molar-refractivity contribution in [3.63, 3.8) is 0 Å². The number of aromatic nitrogens is 3. The first-order chi connectivity index (χ1) is 12.4. The summed E-state index contributed by atoms with van der Waals surface area (Å²) in [6, 6.07) is 3.03. The van der Waals surface area contributed by atoms with Crippen molar-refractivity contribution in [1.82, 2.24) is 20.3 Å². The lowest BCUT2D eigenvalue weighted by molar-refractivity contribution is -0.137. The fraction of sp³-hybridized carbons (Fsp3) is 0.375. The molecule has 0 aliphatic rings. The summed E-state index contributed by atoms with van der Waals surface area (Å²) in [7, 11) is 1.47. The fourth-order valence-corrected chi connectivity index (χ4v) is 2.37. The van der Waals surface area contributed by atoms with Gasteiger partial charge in [-0.15, -0.1) is 5.10 Å². The predicted molar refractivity (Wildman–Crippen MR) is 92.6 cm³/mol. The molecule has 0 saturated heterocycles. The number of methoxy groups -OCH3 is 1. The molecule has 0 atom stereocenters. The van der Waals surface area contributed by atoms with E-state index < -0.39 is 5.97 Å². The summed E-state index contributed by atoms with van der Waals surface area (Å²) in [4.78, 5) is 23.0. The highest BCUT2D eigenvalue weighted by molar-refractivity contribution is 6.32. The maximum Gasteiger partial charge on any atom is 0.325 e. The maximum absolute atomic E-state index is 12.3. The number of carbonyl (C=O) groups is 2. The highest BCUT2D eigenvalue weighted by atomic mass is 35.5. The number of nitrogens with zero attached hydrogens (tertiary/aromatic N) is 3. The number of rotatable bonds is 9. The number of hydrogen-bond acceptors (Lipinski definition) is 6. The van der Waals surface area contributed by atoms with Crippen molar-refractivity contribution in [1.29, 1.82) is 0 Å². The zero-order valence-electron chi connectivity index (χ0n) is 14.4. The van der Waals surface area contributed by atoms with Gasteiger partial charge in [-0.2, -0.15) is 0 Å². The molecule has 0 spiro atoms. The number of ether oxygens (including phenoxy) is 2. The Morgan fingerprint density at radius 3 is 2.81 bits per heavy atom. The molecule has 0 aliphatic heterocycles. The van der Waals surface area contributed by atoms with Crippen LogP contribution in [0, 0.1) is 0 Å². The average Bonchev–Trinajstić information content (AvgIpc) is 3.04. The minimum absolute atomic E-state index is 0.0898. The van der Waals surface area contributed by atoms with Crippen molar-refractivity contribution in [2.45, 2.75) is 26.4 Å². The third-order valence-corrected chi connectivity index (χ3v) is 3.54. The smallest absolute Gasteiger partial charge is 0.325 e. The summed E-state index contributed by atoms with van der Waals surface area (Å²) >= 11 is 6.20. The van der Waals surface area contributed by atoms with Gasteiger partial charge in [0.05, 0.1) is 31.5 Å². The summed E-state index contributed by atoms with van der Waals surface area (Å²) in [6.07, 6.45) is 2.26. The second-order valence-corrected chi connectivity index (χ2v) is 5.73. The first-order valence-corrected chi connectivity index (χ1v) is 8.21. The Kier molecular flexibility index (Phi) is 6.79. The molecule has 0 radical (unpaired) electrons. The quantitative estimate of drug-likeness (QED) is 0.678. The summed E-state index contributed by atoms with van der Waals surface area (Å²) < 4.78 is 12.0. The van der Waals surface area contributed by atoms with E-state index in [0.717, 1.165) is 6.42 Å². The number of carboxylic acid groups (broad SMARTS) is 1. The third kappa shape index (κ3) is 5.09. The minimum Gasteiger partial charge on any atom is -0.493 e. The molecule has 1 heterocycles. The number of hydrogen-bond donors (Lipinski definition) is 2. The van der Waals surface area contributed by atoms with Gasteiger partial charge < -0.3 is 19.9 Å². The Hall–Kier alpha value is -2.81. The molecule has 26 heavy (non-hydrogen) atoms. The van der Waals surface area contributed by atoms with E-state index in [4.69, 9.17) is 26.2 Å². The van der Waals surface area contributed by atoms with Crippen molar-refractivity contribution in [3.05, 3.63) is 34.6 Å². The van der Waals surface area contributed by atoms with Crippen LogP contribution in [-0.2, 0) is 17.9 Å². The van der Waals surface area contributed by atoms with Crippen LogP contribution in [0.15, 0.2) is 18.3 Å². The molecule has 0 aliphatic carbocycles. The molecule has 0 fully saturated rings. The van der Waals surface area contributed by atoms with Crippen LogP contribution in [0.25, 0.3) is 0 Å². The normalized spacial score (nSPS) is 10.4. The number of aliphatic carboxylic acids is 1. The highest BCUT2D eigenvalue weighted by Gasteiger charge is 2.16. The predicted octanol–water partition coefficient (Wildman–Crippen LogP) is 1.74. The van der Waals surface area contributed by atoms with E-state index in [0.29, 0.717) is 29.4 Å². The summed E-state index contributed by atoms with van der Waals surface area (Å²) in [5.74, 6) is -0.662. The van der Waals surface area contributed by atoms with Crippen LogP contribution in [0.1, 0.15) is 29.4 Å². The molecule has 1 amide bonds. The molecule has 10 heteroatoms. The lowest BCUT2D eigenvalue weighted by Gasteiger charge is -2.13. The average molecular weight is 383 g/mol. The van der Waals surface area contributed by atoms with Crippen molar-refractivity contribution < 1.29 is 24.2 Å². The van der Waals surface area contributed by atoms with E-state index in [1.54, 1.807) is 0 Å². The fourth-order valence-electron chi connectivity index (χ4n) is 2.10. The molecule has 9 nitrogen and oxygen atoms in total. The molecule has 1 aromatic heterocycles. The van der Waals surface area contributed by atoms with Gasteiger partial charge in [0.25, 0.3) is 5.91 Å². The van der Waals surface area contributed by atoms with Gasteiger partial charge in [0.2, 0.25) is 0 Å². The van der Waals surface area contributed by atoms with Crippen molar-refractivity contribution >= 4 is 23.5 Å². The number of carboxylic acids is 1. The van der Waals surface area contributed by atoms with Crippen LogP contribution in [0.3, 0.4) is 0 Å². The van der Waals surface area contributed by atoms with Gasteiger partial charge in [-0.1, -0.05) is 23.7 Å². The molecule has 2 rings (SSSR count). The topological polar surface area (TPSA) is 116 Å². The second kappa shape index (κ2) is 9.04. The molecule has 1 aromatic carbocycles. The van der Waals surface area contributed by atoms with E-state index >= 15 is 0 Å². The van der Waals surface area contributed by atoms with Crippen LogP contribution in [0.4, 0.5) is 0 Å². The minimum atomic E-state index is -1.03. The number of halogens is 1. The first-order valence-electron chi connectivity index (χ1n) is 7.84. The van der Waals surface area contributed by atoms with Crippen LogP contribution in [-0.4, -0.2) is 45.7 Å².